The van der Waals surface area contributed by atoms with Gasteiger partial charge < -0.3 is 15.0 Å². The molecule has 1 aromatic carbocycles. The van der Waals surface area contributed by atoms with Gasteiger partial charge in [-0.2, -0.15) is 0 Å². The second-order valence-corrected chi connectivity index (χ2v) is 8.10. The van der Waals surface area contributed by atoms with E-state index in [1.807, 2.05) is 23.1 Å². The van der Waals surface area contributed by atoms with Crippen molar-refractivity contribution < 1.29 is 14.3 Å². The number of carbonyl (C=O) groups excluding carboxylic acids is 2. The Morgan fingerprint density at radius 3 is 2.78 bits per heavy atom. The van der Waals surface area contributed by atoms with Crippen molar-refractivity contribution >= 4 is 11.8 Å². The quantitative estimate of drug-likeness (QED) is 0.869. The predicted octanol–water partition coefficient (Wildman–Crippen LogP) is 1.40. The summed E-state index contributed by atoms with van der Waals surface area (Å²) in [6.45, 7) is 4.47. The minimum atomic E-state index is -0.0116. The van der Waals surface area contributed by atoms with E-state index in [1.165, 1.54) is 5.56 Å². The molecule has 27 heavy (non-hydrogen) atoms. The maximum absolute atomic E-state index is 13.1. The number of hydrogen-bond acceptors (Lipinski definition) is 4. The van der Waals surface area contributed by atoms with Crippen LogP contribution in [0.3, 0.4) is 0 Å². The summed E-state index contributed by atoms with van der Waals surface area (Å²) >= 11 is 0. The van der Waals surface area contributed by atoms with Gasteiger partial charge in [0.2, 0.25) is 5.91 Å². The number of benzene rings is 1. The number of likely N-dealkylation sites (N-methyl/N-ethyl adjacent to an activating group) is 1. The van der Waals surface area contributed by atoms with Gasteiger partial charge >= 0.3 is 0 Å². The highest BCUT2D eigenvalue weighted by Gasteiger charge is 2.45. The van der Waals surface area contributed by atoms with E-state index < -0.39 is 0 Å². The molecule has 146 valence electrons. The summed E-state index contributed by atoms with van der Waals surface area (Å²) in [5.74, 6) is 0.199. The molecule has 1 atom stereocenters. The Bertz CT molecular complexity index is 706. The van der Waals surface area contributed by atoms with E-state index in [9.17, 15) is 9.59 Å². The number of nitrogens with one attached hydrogen (secondary N) is 1. The van der Waals surface area contributed by atoms with Gasteiger partial charge in [-0.3, -0.25) is 14.5 Å². The zero-order chi connectivity index (χ0) is 18.9. The first-order chi connectivity index (χ1) is 13.1. The lowest BCUT2D eigenvalue weighted by Crippen LogP contribution is -2.56. The molecule has 0 bridgehead atoms. The van der Waals surface area contributed by atoms with Gasteiger partial charge in [-0.1, -0.05) is 18.2 Å². The van der Waals surface area contributed by atoms with E-state index in [1.54, 1.807) is 7.05 Å². The molecule has 3 heterocycles. The molecule has 0 aliphatic carbocycles. The lowest BCUT2D eigenvalue weighted by atomic mass is 9.68. The van der Waals surface area contributed by atoms with Crippen molar-refractivity contribution in [2.24, 2.45) is 0 Å². The van der Waals surface area contributed by atoms with Crippen LogP contribution in [0.25, 0.3) is 0 Å². The van der Waals surface area contributed by atoms with Crippen LogP contribution in [0.5, 0.6) is 0 Å². The second-order valence-electron chi connectivity index (χ2n) is 8.10. The molecule has 0 aromatic heterocycles. The van der Waals surface area contributed by atoms with Gasteiger partial charge in [-0.15, -0.1) is 0 Å². The number of piperidine rings is 1. The first-order valence-corrected chi connectivity index (χ1v) is 10.0. The topological polar surface area (TPSA) is 61.9 Å². The summed E-state index contributed by atoms with van der Waals surface area (Å²) < 4.78 is 5.79. The van der Waals surface area contributed by atoms with E-state index in [0.717, 1.165) is 57.5 Å². The molecule has 4 rings (SSSR count). The van der Waals surface area contributed by atoms with Crippen LogP contribution >= 0.6 is 0 Å². The van der Waals surface area contributed by atoms with Crippen LogP contribution in [0.1, 0.15) is 41.6 Å². The maximum Gasteiger partial charge on any atom is 0.254 e. The van der Waals surface area contributed by atoms with E-state index in [0.29, 0.717) is 13.1 Å². The van der Waals surface area contributed by atoms with E-state index in [-0.39, 0.29) is 23.3 Å². The van der Waals surface area contributed by atoms with Crippen molar-refractivity contribution in [3.63, 3.8) is 0 Å². The van der Waals surface area contributed by atoms with Gasteiger partial charge in [-0.05, 0) is 50.4 Å². The highest BCUT2D eigenvalue weighted by Crippen LogP contribution is 2.42. The van der Waals surface area contributed by atoms with Gasteiger partial charge in [-0.25, -0.2) is 0 Å². The Labute approximate surface area is 160 Å². The Morgan fingerprint density at radius 2 is 2.07 bits per heavy atom. The lowest BCUT2D eigenvalue weighted by Gasteiger charge is -2.48. The average Bonchev–Trinajstić information content (AvgIpc) is 3.21. The summed E-state index contributed by atoms with van der Waals surface area (Å²) in [7, 11) is 1.68. The van der Waals surface area contributed by atoms with Crippen molar-refractivity contribution in [3.05, 3.63) is 35.4 Å². The number of rotatable bonds is 4. The molecule has 1 unspecified atom stereocenters. The number of hydrogen-bond donors (Lipinski definition) is 1. The summed E-state index contributed by atoms with van der Waals surface area (Å²) in [5.41, 5.74) is 2.03. The second kappa shape index (κ2) is 7.60. The fraction of sp³-hybridized carbons (Fsp3) is 0.619. The Hall–Kier alpha value is -1.92. The number of likely N-dealkylation sites (tertiary alicyclic amines) is 1. The fourth-order valence-electron chi connectivity index (χ4n) is 4.86. The molecule has 2 fully saturated rings. The third-order valence-corrected chi connectivity index (χ3v) is 6.42. The minimum Gasteiger partial charge on any atom is -0.376 e. The fourth-order valence-corrected chi connectivity index (χ4v) is 4.86. The standard InChI is InChI=1S/C21H29N3O3/c1-22-19(25)14-23-10-8-21(9-11-23)15-24(13-16-5-4-12-27-16)20(26)17-6-2-3-7-18(17)21/h2-3,6-7,16H,4-5,8-15H2,1H3,(H,22,25). The first-order valence-electron chi connectivity index (χ1n) is 10.0. The van der Waals surface area contributed by atoms with Gasteiger partial charge in [0, 0.05) is 37.7 Å². The molecular formula is C21H29N3O3. The third kappa shape index (κ3) is 3.60. The van der Waals surface area contributed by atoms with Crippen LogP contribution in [-0.4, -0.2) is 74.1 Å². The molecule has 0 radical (unpaired) electrons. The molecule has 2 saturated heterocycles. The number of carbonyl (C=O) groups is 2. The van der Waals surface area contributed by atoms with Gasteiger partial charge in [0.25, 0.3) is 5.91 Å². The van der Waals surface area contributed by atoms with Crippen LogP contribution in [0.4, 0.5) is 0 Å². The van der Waals surface area contributed by atoms with Crippen molar-refractivity contribution in [1.82, 2.24) is 15.1 Å². The molecule has 1 N–H and O–H groups in total. The van der Waals surface area contributed by atoms with E-state index in [4.69, 9.17) is 4.74 Å². The molecule has 3 aliphatic heterocycles. The van der Waals surface area contributed by atoms with E-state index in [2.05, 4.69) is 16.3 Å². The monoisotopic (exact) mass is 371 g/mol. The van der Waals surface area contributed by atoms with Crippen LogP contribution in [-0.2, 0) is 14.9 Å². The van der Waals surface area contributed by atoms with Crippen LogP contribution in [0.15, 0.2) is 24.3 Å². The predicted molar refractivity (Wildman–Crippen MR) is 103 cm³/mol. The molecular weight excluding hydrogens is 342 g/mol. The van der Waals surface area contributed by atoms with Crippen molar-refractivity contribution in [2.75, 3.05) is 46.4 Å². The SMILES string of the molecule is CNC(=O)CN1CCC2(CC1)CN(CC1CCCO1)C(=O)c1ccccc12. The summed E-state index contributed by atoms with van der Waals surface area (Å²) in [5, 5.41) is 2.70. The minimum absolute atomic E-state index is 0.0116. The van der Waals surface area contributed by atoms with Crippen molar-refractivity contribution in [1.29, 1.82) is 0 Å². The first kappa shape index (κ1) is 18.4. The number of ether oxygens (including phenoxy) is 1. The van der Waals surface area contributed by atoms with E-state index >= 15 is 0 Å². The largest absolute Gasteiger partial charge is 0.376 e. The van der Waals surface area contributed by atoms with Crippen LogP contribution < -0.4 is 5.32 Å². The highest BCUT2D eigenvalue weighted by atomic mass is 16.5. The van der Waals surface area contributed by atoms with Crippen LogP contribution in [0.2, 0.25) is 0 Å². The lowest BCUT2D eigenvalue weighted by molar-refractivity contribution is -0.122. The molecule has 6 heteroatoms. The molecule has 1 spiro atoms. The number of amides is 2. The molecule has 1 aromatic rings. The highest BCUT2D eigenvalue weighted by molar-refractivity contribution is 5.97. The average molecular weight is 371 g/mol. The van der Waals surface area contributed by atoms with Crippen LogP contribution in [0, 0.1) is 0 Å². The third-order valence-electron chi connectivity index (χ3n) is 6.42. The zero-order valence-electron chi connectivity index (χ0n) is 16.1. The number of nitrogens with zero attached hydrogens (tertiary/aromatic N) is 2. The maximum atomic E-state index is 13.1. The van der Waals surface area contributed by atoms with Gasteiger partial charge in [0.05, 0.1) is 12.6 Å². The Balaban J connectivity index is 1.55. The van der Waals surface area contributed by atoms with Crippen molar-refractivity contribution in [2.45, 2.75) is 37.2 Å². The molecule has 0 saturated carbocycles. The Morgan fingerprint density at radius 1 is 1.30 bits per heavy atom. The smallest absolute Gasteiger partial charge is 0.254 e. The molecule has 2 amide bonds. The normalized spacial score (nSPS) is 24.9. The van der Waals surface area contributed by atoms with Gasteiger partial charge in [0.15, 0.2) is 0 Å². The number of fused-ring (bicyclic) bond motifs is 2. The van der Waals surface area contributed by atoms with Gasteiger partial charge in [0.1, 0.15) is 0 Å². The Kier molecular flexibility index (Phi) is 5.19. The summed E-state index contributed by atoms with van der Waals surface area (Å²) in [6, 6.07) is 8.10. The van der Waals surface area contributed by atoms with Crippen molar-refractivity contribution in [3.8, 4) is 0 Å². The molecule has 3 aliphatic rings. The summed E-state index contributed by atoms with van der Waals surface area (Å²) in [6.07, 6.45) is 4.23. The molecule has 6 nitrogen and oxygen atoms in total. The zero-order valence-corrected chi connectivity index (χ0v) is 16.1. The summed E-state index contributed by atoms with van der Waals surface area (Å²) in [4.78, 5) is 29.0.